The predicted molar refractivity (Wildman–Crippen MR) is 67.3 cm³/mol. The molecule has 100 valence electrons. The number of hydrogen-bond donors (Lipinski definition) is 1. The van der Waals surface area contributed by atoms with Crippen molar-refractivity contribution < 1.29 is 18.9 Å². The lowest BCUT2D eigenvalue weighted by Crippen LogP contribution is -2.19. The fourth-order valence-electron chi connectivity index (χ4n) is 1.81. The number of fused-ring (bicyclic) bond motifs is 1. The molecule has 1 aliphatic heterocycles. The van der Waals surface area contributed by atoms with E-state index in [1.165, 1.54) is 0 Å². The van der Waals surface area contributed by atoms with Gasteiger partial charge in [0, 0.05) is 19.7 Å². The fourth-order valence-corrected chi connectivity index (χ4v) is 1.81. The van der Waals surface area contributed by atoms with Gasteiger partial charge in [-0.1, -0.05) is 0 Å². The van der Waals surface area contributed by atoms with E-state index in [0.717, 1.165) is 37.6 Å². The van der Waals surface area contributed by atoms with E-state index in [1.807, 2.05) is 19.1 Å². The number of methoxy groups -OCH3 is 1. The zero-order valence-corrected chi connectivity index (χ0v) is 10.8. The molecule has 2 rings (SSSR count). The van der Waals surface area contributed by atoms with Gasteiger partial charge in [0.15, 0.2) is 11.5 Å². The van der Waals surface area contributed by atoms with Gasteiger partial charge in [-0.2, -0.15) is 0 Å². The molecule has 5 nitrogen and oxygen atoms in total. The van der Waals surface area contributed by atoms with E-state index in [0.29, 0.717) is 11.5 Å². The van der Waals surface area contributed by atoms with Crippen LogP contribution in [0, 0.1) is 0 Å². The molecule has 0 radical (unpaired) electrons. The van der Waals surface area contributed by atoms with Gasteiger partial charge in [-0.3, -0.25) is 0 Å². The summed E-state index contributed by atoms with van der Waals surface area (Å²) < 4.78 is 21.3. The summed E-state index contributed by atoms with van der Waals surface area (Å²) >= 11 is 0. The summed E-state index contributed by atoms with van der Waals surface area (Å²) in [4.78, 5) is 0. The lowest BCUT2D eigenvalue weighted by molar-refractivity contribution is 0.149. The number of rotatable bonds is 7. The Morgan fingerprint density at radius 3 is 3.00 bits per heavy atom. The van der Waals surface area contributed by atoms with Crippen LogP contribution in [-0.4, -0.2) is 33.7 Å². The quantitative estimate of drug-likeness (QED) is 0.747. The lowest BCUT2D eigenvalue weighted by Gasteiger charge is -2.09. The summed E-state index contributed by atoms with van der Waals surface area (Å²) in [7, 11) is 1.63. The molecule has 0 aliphatic carbocycles. The molecule has 5 heteroatoms. The maximum atomic E-state index is 5.37. The molecule has 0 spiro atoms. The minimum absolute atomic E-state index is 0.257. The summed E-state index contributed by atoms with van der Waals surface area (Å²) in [6, 6.07) is 3.93. The van der Waals surface area contributed by atoms with E-state index >= 15 is 0 Å². The SMILES string of the molecule is CCOCCNCc1cc(OC)c2c(c1)OCO2. The molecule has 18 heavy (non-hydrogen) atoms. The minimum atomic E-state index is 0.257. The third-order valence-corrected chi connectivity index (χ3v) is 2.67. The van der Waals surface area contributed by atoms with Crippen LogP contribution in [0.3, 0.4) is 0 Å². The summed E-state index contributed by atoms with van der Waals surface area (Å²) in [6.45, 7) is 5.29. The highest BCUT2D eigenvalue weighted by atomic mass is 16.7. The van der Waals surface area contributed by atoms with E-state index in [1.54, 1.807) is 7.11 Å². The number of hydrogen-bond acceptors (Lipinski definition) is 5. The maximum absolute atomic E-state index is 5.37. The molecule has 0 saturated carbocycles. The molecule has 0 fully saturated rings. The third kappa shape index (κ3) is 3.05. The Morgan fingerprint density at radius 1 is 1.33 bits per heavy atom. The van der Waals surface area contributed by atoms with Crippen LogP contribution < -0.4 is 19.5 Å². The minimum Gasteiger partial charge on any atom is -0.493 e. The van der Waals surface area contributed by atoms with Gasteiger partial charge in [-0.15, -0.1) is 0 Å². The van der Waals surface area contributed by atoms with E-state index in [-0.39, 0.29) is 6.79 Å². The Kier molecular flexibility index (Phi) is 4.66. The molecule has 1 aliphatic rings. The van der Waals surface area contributed by atoms with E-state index in [9.17, 15) is 0 Å². The first-order chi connectivity index (χ1) is 8.85. The lowest BCUT2D eigenvalue weighted by atomic mass is 10.2. The van der Waals surface area contributed by atoms with Crippen LogP contribution in [0.15, 0.2) is 12.1 Å². The molecule has 1 heterocycles. The Morgan fingerprint density at radius 2 is 2.22 bits per heavy atom. The van der Waals surface area contributed by atoms with Crippen LogP contribution in [-0.2, 0) is 11.3 Å². The molecule has 1 aromatic carbocycles. The van der Waals surface area contributed by atoms with Gasteiger partial charge in [-0.25, -0.2) is 0 Å². The van der Waals surface area contributed by atoms with Crippen LogP contribution in [0.5, 0.6) is 17.2 Å². The average Bonchev–Trinajstić information content (AvgIpc) is 2.85. The number of ether oxygens (including phenoxy) is 4. The van der Waals surface area contributed by atoms with Crippen LogP contribution in [0.25, 0.3) is 0 Å². The van der Waals surface area contributed by atoms with Crippen molar-refractivity contribution in [1.82, 2.24) is 5.32 Å². The first kappa shape index (κ1) is 13.0. The van der Waals surface area contributed by atoms with Crippen molar-refractivity contribution >= 4 is 0 Å². The Bertz CT molecular complexity index is 395. The van der Waals surface area contributed by atoms with E-state index < -0.39 is 0 Å². The molecular weight excluding hydrogens is 234 g/mol. The first-order valence-electron chi connectivity index (χ1n) is 6.10. The van der Waals surface area contributed by atoms with Crippen molar-refractivity contribution in [3.63, 3.8) is 0 Å². The topological polar surface area (TPSA) is 49.0 Å². The van der Waals surface area contributed by atoms with Gasteiger partial charge >= 0.3 is 0 Å². The second-order valence-electron chi connectivity index (χ2n) is 3.91. The zero-order valence-electron chi connectivity index (χ0n) is 10.8. The van der Waals surface area contributed by atoms with Crippen molar-refractivity contribution in [3.8, 4) is 17.2 Å². The molecule has 0 saturated heterocycles. The molecule has 0 amide bonds. The second kappa shape index (κ2) is 6.47. The summed E-state index contributed by atoms with van der Waals surface area (Å²) in [5, 5.41) is 3.30. The first-order valence-corrected chi connectivity index (χ1v) is 6.10. The van der Waals surface area contributed by atoms with Crippen molar-refractivity contribution in [2.24, 2.45) is 0 Å². The van der Waals surface area contributed by atoms with Crippen LogP contribution in [0.1, 0.15) is 12.5 Å². The van der Waals surface area contributed by atoms with Crippen LogP contribution >= 0.6 is 0 Å². The molecule has 1 aromatic rings. The van der Waals surface area contributed by atoms with Gasteiger partial charge in [0.05, 0.1) is 13.7 Å². The van der Waals surface area contributed by atoms with Crippen LogP contribution in [0.4, 0.5) is 0 Å². The molecule has 0 aromatic heterocycles. The highest BCUT2D eigenvalue weighted by molar-refractivity contribution is 5.55. The molecule has 0 unspecified atom stereocenters. The Hall–Kier alpha value is -1.46. The average molecular weight is 253 g/mol. The Balaban J connectivity index is 1.93. The van der Waals surface area contributed by atoms with Gasteiger partial charge < -0.3 is 24.3 Å². The normalized spacial score (nSPS) is 12.8. The van der Waals surface area contributed by atoms with Gasteiger partial charge in [0.1, 0.15) is 0 Å². The summed E-state index contributed by atoms with van der Waals surface area (Å²) in [6.07, 6.45) is 0. The zero-order chi connectivity index (χ0) is 12.8. The van der Waals surface area contributed by atoms with Crippen molar-refractivity contribution in [2.75, 3.05) is 33.7 Å². The Labute approximate surface area is 107 Å². The largest absolute Gasteiger partial charge is 0.493 e. The van der Waals surface area contributed by atoms with E-state index in [2.05, 4.69) is 5.32 Å². The van der Waals surface area contributed by atoms with E-state index in [4.69, 9.17) is 18.9 Å². The van der Waals surface area contributed by atoms with Crippen molar-refractivity contribution in [2.45, 2.75) is 13.5 Å². The summed E-state index contributed by atoms with van der Waals surface area (Å²) in [5.74, 6) is 2.15. The standard InChI is InChI=1S/C13H19NO4/c1-3-16-5-4-14-8-10-6-11(15-2)13-12(7-10)17-9-18-13/h6-7,14H,3-5,8-9H2,1-2H3. The highest BCUT2D eigenvalue weighted by Crippen LogP contribution is 2.41. The van der Waals surface area contributed by atoms with Gasteiger partial charge in [-0.05, 0) is 24.6 Å². The van der Waals surface area contributed by atoms with Crippen molar-refractivity contribution in [3.05, 3.63) is 17.7 Å². The van der Waals surface area contributed by atoms with Crippen LogP contribution in [0.2, 0.25) is 0 Å². The molecule has 0 bridgehead atoms. The van der Waals surface area contributed by atoms with Gasteiger partial charge in [0.25, 0.3) is 0 Å². The molecular formula is C13H19NO4. The maximum Gasteiger partial charge on any atom is 0.231 e. The second-order valence-corrected chi connectivity index (χ2v) is 3.91. The smallest absolute Gasteiger partial charge is 0.231 e. The fraction of sp³-hybridized carbons (Fsp3) is 0.538. The number of nitrogens with one attached hydrogen (secondary N) is 1. The summed E-state index contributed by atoms with van der Waals surface area (Å²) in [5.41, 5.74) is 1.10. The highest BCUT2D eigenvalue weighted by Gasteiger charge is 2.19. The van der Waals surface area contributed by atoms with Gasteiger partial charge in [0.2, 0.25) is 12.5 Å². The predicted octanol–water partition coefficient (Wildman–Crippen LogP) is 1.55. The molecule has 0 atom stereocenters. The van der Waals surface area contributed by atoms with Crippen molar-refractivity contribution in [1.29, 1.82) is 0 Å². The number of benzene rings is 1. The third-order valence-electron chi connectivity index (χ3n) is 2.67. The monoisotopic (exact) mass is 253 g/mol. The molecule has 1 N–H and O–H groups in total.